The van der Waals surface area contributed by atoms with Crippen LogP contribution in [0.3, 0.4) is 0 Å². The fraction of sp³-hybridized carbons (Fsp3) is 0.476. The minimum Gasteiger partial charge on any atom is -0.484 e. The molecular weight excluding hydrogens is 847 g/mol. The molecule has 2 heterocycles. The molecule has 2 saturated carbocycles. The first-order valence-electron chi connectivity index (χ1n) is 18.6. The van der Waals surface area contributed by atoms with E-state index in [2.05, 4.69) is 32.8 Å². The van der Waals surface area contributed by atoms with E-state index in [1.165, 1.54) is 57.7 Å². The number of nitrogens with zero attached hydrogens (tertiary/aromatic N) is 2. The van der Waals surface area contributed by atoms with Gasteiger partial charge in [-0.15, -0.1) is 0 Å². The summed E-state index contributed by atoms with van der Waals surface area (Å²) >= 11 is 20.0. The molecule has 0 N–H and O–H groups in total. The average Bonchev–Trinajstić information content (AvgIpc) is 3.66. The lowest BCUT2D eigenvalue weighted by Gasteiger charge is -2.19. The van der Waals surface area contributed by atoms with Crippen molar-refractivity contribution in [1.29, 1.82) is 0 Å². The Morgan fingerprint density at radius 2 is 1.60 bits per heavy atom. The lowest BCUT2D eigenvalue weighted by molar-refractivity contribution is -0.123. The summed E-state index contributed by atoms with van der Waals surface area (Å²) in [6.45, 7) is 9.07. The molecule has 6 rings (SSSR count). The molecule has 0 saturated heterocycles. The van der Waals surface area contributed by atoms with Crippen LogP contribution in [0.25, 0.3) is 21.8 Å². The van der Waals surface area contributed by atoms with Crippen molar-refractivity contribution >= 4 is 93.9 Å². The van der Waals surface area contributed by atoms with Gasteiger partial charge in [0.15, 0.2) is 17.7 Å². The molecule has 2 aliphatic rings. The lowest BCUT2D eigenvalue weighted by atomic mass is 10.0. The van der Waals surface area contributed by atoms with Crippen LogP contribution in [0.5, 0.6) is 11.5 Å². The van der Waals surface area contributed by atoms with Crippen molar-refractivity contribution in [1.82, 2.24) is 9.97 Å². The van der Waals surface area contributed by atoms with Crippen LogP contribution < -0.4 is 9.47 Å². The fourth-order valence-corrected chi connectivity index (χ4v) is 7.56. The van der Waals surface area contributed by atoms with Gasteiger partial charge in [-0.2, -0.15) is 0 Å². The number of aromatic nitrogens is 2. The summed E-state index contributed by atoms with van der Waals surface area (Å²) in [5.41, 5.74) is 2.94. The van der Waals surface area contributed by atoms with Gasteiger partial charge in [-0.25, -0.2) is 8.42 Å². The van der Waals surface area contributed by atoms with E-state index in [4.69, 9.17) is 44.3 Å². The topological polar surface area (TPSA) is 113 Å². The van der Waals surface area contributed by atoms with E-state index < -0.39 is 15.9 Å². The van der Waals surface area contributed by atoms with Crippen molar-refractivity contribution in [3.8, 4) is 11.5 Å². The second-order valence-electron chi connectivity index (χ2n) is 13.7. The summed E-state index contributed by atoms with van der Waals surface area (Å²) in [6.07, 6.45) is 16.3. The van der Waals surface area contributed by atoms with Crippen LogP contribution in [0.2, 0.25) is 5.02 Å². The van der Waals surface area contributed by atoms with Gasteiger partial charge in [0, 0.05) is 44.5 Å². The predicted octanol–water partition coefficient (Wildman–Crippen LogP) is 12.5. The number of carbonyl (C=O) groups excluding carboxylic acids is 2. The molecule has 0 radical (unpaired) electrons. The molecule has 2 aromatic carbocycles. The molecule has 2 fully saturated rings. The van der Waals surface area contributed by atoms with E-state index in [1.54, 1.807) is 31.5 Å². The number of sulfone groups is 1. The summed E-state index contributed by atoms with van der Waals surface area (Å²) in [5.74, 6) is 2.28. The normalized spacial score (nSPS) is 15.1. The van der Waals surface area contributed by atoms with Crippen molar-refractivity contribution < 1.29 is 27.5 Å². The highest BCUT2D eigenvalue weighted by atomic mass is 79.9. The number of carbonyl (C=O) groups is 2. The van der Waals surface area contributed by atoms with Gasteiger partial charge in [0.25, 0.3) is 0 Å². The molecule has 0 amide bonds. The molecule has 13 heteroatoms. The molecule has 302 valence electrons. The Kier molecular flexibility index (Phi) is 22.4. The molecule has 1 atom stereocenters. The number of rotatable bonds is 8. The predicted molar refractivity (Wildman–Crippen MR) is 233 cm³/mol. The van der Waals surface area contributed by atoms with Crippen molar-refractivity contribution in [3.63, 3.8) is 0 Å². The van der Waals surface area contributed by atoms with Gasteiger partial charge in [0.05, 0.1) is 15.8 Å². The number of halogens is 4. The van der Waals surface area contributed by atoms with Crippen LogP contribution in [0.15, 0.2) is 76.0 Å². The Morgan fingerprint density at radius 3 is 2.11 bits per heavy atom. The van der Waals surface area contributed by atoms with Crippen LogP contribution in [0.4, 0.5) is 0 Å². The molecule has 0 aliphatic heterocycles. The third-order valence-electron chi connectivity index (χ3n) is 8.91. The number of hydrogen-bond acceptors (Lipinski definition) is 8. The van der Waals surface area contributed by atoms with Crippen LogP contribution in [0.1, 0.15) is 98.8 Å². The van der Waals surface area contributed by atoms with Crippen LogP contribution in [-0.4, -0.2) is 54.2 Å². The monoisotopic (exact) mass is 898 g/mol. The van der Waals surface area contributed by atoms with E-state index in [0.717, 1.165) is 58.8 Å². The zero-order valence-electron chi connectivity index (χ0n) is 32.6. The summed E-state index contributed by atoms with van der Waals surface area (Å²) < 4.78 is 33.8. The second-order valence-corrected chi connectivity index (χ2v) is 18.0. The van der Waals surface area contributed by atoms with E-state index in [0.29, 0.717) is 27.1 Å². The van der Waals surface area contributed by atoms with Crippen molar-refractivity contribution in [2.45, 2.75) is 110 Å². The Bertz CT molecular complexity index is 1950. The zero-order valence-corrected chi connectivity index (χ0v) is 37.3. The number of ether oxygens (including phenoxy) is 2. The molecule has 0 bridgehead atoms. The van der Waals surface area contributed by atoms with Crippen molar-refractivity contribution in [3.05, 3.63) is 81.0 Å². The standard InChI is InChI=1S/C13H12BrNO2.C12H10ClNO2.C7H14O2S.C6H12.C4H6Cl2/c1-8(16)9(2)17-10-3-4-13-11(7-10)12(14)5-6-15-13;1-8(15)7-16-11-5-4-10(13)9-3-2-6-14-12(9)11;1-10(8,9)7-5-3-2-4-6-7;1-6-4-2-3-5-6;1-2-4(6)3-5/h3-7,9H,1-2H3;2-6H,7H2,1H3;7H,2-6H2,1H3;6H,2-5H2,1H3;3H,2H2,1H3. The van der Waals surface area contributed by atoms with E-state index >= 15 is 0 Å². The fourth-order valence-electron chi connectivity index (χ4n) is 5.56. The van der Waals surface area contributed by atoms with E-state index in [1.807, 2.05) is 43.3 Å². The number of ketones is 2. The maximum absolute atomic E-state index is 11.1. The highest BCUT2D eigenvalue weighted by Crippen LogP contribution is 2.30. The van der Waals surface area contributed by atoms with Gasteiger partial charge >= 0.3 is 0 Å². The first-order chi connectivity index (χ1) is 26.1. The van der Waals surface area contributed by atoms with Crippen molar-refractivity contribution in [2.75, 3.05) is 12.9 Å². The SMILES string of the molecule is CC(=O)C(C)Oc1ccc2nccc(Br)c2c1.CC(=O)COc1ccc(Cl)c2cccnc12.CC1CCCC1.CCC(Cl)=CCl.CS(=O)(=O)C1CCCCC1. The third-order valence-corrected chi connectivity index (χ3v) is 12.4. The molecule has 1 unspecified atom stereocenters. The van der Waals surface area contributed by atoms with Gasteiger partial charge in [0.1, 0.15) is 33.5 Å². The molecular formula is C42H54BrCl3N2O6S. The molecule has 55 heavy (non-hydrogen) atoms. The minimum atomic E-state index is -2.73. The number of allylic oxidation sites excluding steroid dienone is 1. The quantitative estimate of drug-likeness (QED) is 0.172. The number of hydrogen-bond donors (Lipinski definition) is 0. The van der Waals surface area contributed by atoms with Crippen LogP contribution in [-0.2, 0) is 19.4 Å². The van der Waals surface area contributed by atoms with E-state index in [9.17, 15) is 18.0 Å². The van der Waals surface area contributed by atoms with Gasteiger partial charge in [-0.3, -0.25) is 19.6 Å². The van der Waals surface area contributed by atoms with E-state index in [-0.39, 0.29) is 23.4 Å². The highest BCUT2D eigenvalue weighted by molar-refractivity contribution is 9.10. The van der Waals surface area contributed by atoms with Gasteiger partial charge in [0.2, 0.25) is 0 Å². The first-order valence-corrected chi connectivity index (χ1v) is 22.5. The summed E-state index contributed by atoms with van der Waals surface area (Å²) in [4.78, 5) is 30.4. The Hall–Kier alpha value is -2.76. The minimum absolute atomic E-state index is 0.00958. The van der Waals surface area contributed by atoms with Crippen LogP contribution in [0, 0.1) is 5.92 Å². The smallest absolute Gasteiger partial charge is 0.169 e. The summed E-state index contributed by atoms with van der Waals surface area (Å²) in [7, 11) is -2.73. The number of Topliss-reactive ketones (excluding diaryl/α,β-unsaturated/α-hetero) is 2. The largest absolute Gasteiger partial charge is 0.484 e. The zero-order chi connectivity index (χ0) is 41.0. The summed E-state index contributed by atoms with van der Waals surface area (Å²) in [5, 5.41) is 3.10. The maximum atomic E-state index is 11.1. The van der Waals surface area contributed by atoms with Crippen LogP contribution >= 0.6 is 50.7 Å². The molecule has 0 spiro atoms. The molecule has 2 aliphatic carbocycles. The maximum Gasteiger partial charge on any atom is 0.169 e. The lowest BCUT2D eigenvalue weighted by Crippen LogP contribution is -2.22. The summed E-state index contributed by atoms with van der Waals surface area (Å²) in [6, 6.07) is 14.6. The third kappa shape index (κ3) is 18.4. The number of fused-ring (bicyclic) bond motifs is 2. The average molecular weight is 901 g/mol. The second kappa shape index (κ2) is 25.5. The van der Waals surface area contributed by atoms with Gasteiger partial charge in [-0.05, 0) is 94.5 Å². The first kappa shape index (κ1) is 48.4. The Labute approximate surface area is 350 Å². The Morgan fingerprint density at radius 1 is 0.945 bits per heavy atom. The van der Waals surface area contributed by atoms with Crippen molar-refractivity contribution in [2.24, 2.45) is 5.92 Å². The highest BCUT2D eigenvalue weighted by Gasteiger charge is 2.22. The Balaban J connectivity index is 0.000000253. The van der Waals surface area contributed by atoms with Gasteiger partial charge in [-0.1, -0.05) is 110 Å². The number of benzene rings is 2. The number of pyridine rings is 2. The van der Waals surface area contributed by atoms with Gasteiger partial charge < -0.3 is 9.47 Å². The molecule has 4 aromatic rings. The molecule has 2 aromatic heterocycles. The molecule has 8 nitrogen and oxygen atoms in total.